The first-order chi connectivity index (χ1) is 8.57. The van der Waals surface area contributed by atoms with E-state index in [-0.39, 0.29) is 29.7 Å². The van der Waals surface area contributed by atoms with Crippen LogP contribution in [0.25, 0.3) is 0 Å². The van der Waals surface area contributed by atoms with Crippen molar-refractivity contribution in [3.8, 4) is 0 Å². The van der Waals surface area contributed by atoms with Gasteiger partial charge < -0.3 is 16.4 Å². The number of carbonyl (C=O) groups excluding carboxylic acids is 2. The lowest BCUT2D eigenvalue weighted by atomic mass is 9.85. The molecule has 0 fully saturated rings. The zero-order valence-electron chi connectivity index (χ0n) is 13.0. The molecule has 0 spiro atoms. The summed E-state index contributed by atoms with van der Waals surface area (Å²) in [6.07, 6.45) is 0.852. The summed E-state index contributed by atoms with van der Waals surface area (Å²) in [5, 5.41) is 5.35. The lowest BCUT2D eigenvalue weighted by Gasteiger charge is -2.27. The second kappa shape index (κ2) is 7.48. The fourth-order valence-corrected chi connectivity index (χ4v) is 1.64. The van der Waals surface area contributed by atoms with E-state index >= 15 is 0 Å². The van der Waals surface area contributed by atoms with Gasteiger partial charge in [-0.3, -0.25) is 9.59 Å². The lowest BCUT2D eigenvalue weighted by molar-refractivity contribution is -0.129. The highest BCUT2D eigenvalue weighted by Crippen LogP contribution is 2.19. The van der Waals surface area contributed by atoms with E-state index in [2.05, 4.69) is 10.6 Å². The average Bonchev–Trinajstić information content (AvgIpc) is 2.24. The number of hydrogen-bond acceptors (Lipinski definition) is 3. The highest BCUT2D eigenvalue weighted by Gasteiger charge is 2.26. The third-order valence-corrected chi connectivity index (χ3v) is 3.12. The largest absolute Gasteiger partial charge is 0.357 e. The van der Waals surface area contributed by atoms with Gasteiger partial charge >= 0.3 is 0 Å². The van der Waals surface area contributed by atoms with Crippen molar-refractivity contribution in [1.29, 1.82) is 0 Å². The van der Waals surface area contributed by atoms with Crippen molar-refractivity contribution >= 4 is 11.8 Å². The Morgan fingerprint density at radius 2 is 1.74 bits per heavy atom. The van der Waals surface area contributed by atoms with E-state index in [4.69, 9.17) is 5.73 Å². The zero-order valence-corrected chi connectivity index (χ0v) is 13.0. The molecule has 2 atom stereocenters. The summed E-state index contributed by atoms with van der Waals surface area (Å²) < 4.78 is 0. The Labute approximate surface area is 116 Å². The number of amides is 2. The van der Waals surface area contributed by atoms with Crippen LogP contribution < -0.4 is 16.4 Å². The van der Waals surface area contributed by atoms with E-state index in [1.165, 1.54) is 0 Å². The molecule has 0 saturated heterocycles. The number of nitrogens with two attached hydrogens (primary N) is 1. The summed E-state index contributed by atoms with van der Waals surface area (Å²) in [5.74, 6) is 0.00180. The molecule has 2 unspecified atom stereocenters. The van der Waals surface area contributed by atoms with Gasteiger partial charge in [0.2, 0.25) is 11.8 Å². The smallest absolute Gasteiger partial charge is 0.242 e. The predicted molar refractivity (Wildman–Crippen MR) is 77.5 cm³/mol. The molecule has 0 aromatic heterocycles. The Hall–Kier alpha value is -1.10. The van der Waals surface area contributed by atoms with Gasteiger partial charge in [-0.15, -0.1) is 0 Å². The van der Waals surface area contributed by atoms with Gasteiger partial charge in [-0.1, -0.05) is 34.6 Å². The van der Waals surface area contributed by atoms with Crippen molar-refractivity contribution in [1.82, 2.24) is 10.6 Å². The Morgan fingerprint density at radius 1 is 1.21 bits per heavy atom. The number of carbonyl (C=O) groups is 2. The number of nitrogens with one attached hydrogen (secondary N) is 2. The third kappa shape index (κ3) is 7.15. The van der Waals surface area contributed by atoms with Gasteiger partial charge in [0.05, 0.1) is 0 Å². The first-order valence-corrected chi connectivity index (χ1v) is 6.84. The maximum atomic E-state index is 11.9. The molecule has 0 aliphatic carbocycles. The van der Waals surface area contributed by atoms with Crippen molar-refractivity contribution in [2.45, 2.75) is 59.5 Å². The summed E-state index contributed by atoms with van der Waals surface area (Å²) in [6.45, 7) is 10.0. The maximum absolute atomic E-state index is 11.9. The van der Waals surface area contributed by atoms with Crippen LogP contribution in [0.1, 0.15) is 47.5 Å². The molecule has 0 aliphatic heterocycles. The molecule has 0 rings (SSSR count). The van der Waals surface area contributed by atoms with Crippen molar-refractivity contribution < 1.29 is 9.59 Å². The molecule has 5 nitrogen and oxygen atoms in total. The molecule has 112 valence electrons. The third-order valence-electron chi connectivity index (χ3n) is 3.12. The molecular formula is C14H29N3O2. The van der Waals surface area contributed by atoms with Crippen LogP contribution in [-0.4, -0.2) is 30.9 Å². The van der Waals surface area contributed by atoms with Gasteiger partial charge in [0.1, 0.15) is 6.04 Å². The van der Waals surface area contributed by atoms with Crippen LogP contribution in [-0.2, 0) is 9.59 Å². The minimum absolute atomic E-state index is 0.127. The van der Waals surface area contributed by atoms with Crippen LogP contribution in [0.5, 0.6) is 0 Å². The zero-order chi connectivity index (χ0) is 15.2. The second-order valence-corrected chi connectivity index (χ2v) is 6.54. The molecule has 0 radical (unpaired) electrons. The van der Waals surface area contributed by atoms with Crippen LogP contribution >= 0.6 is 0 Å². The molecule has 0 aromatic rings. The van der Waals surface area contributed by atoms with Gasteiger partial charge in [-0.05, 0) is 17.8 Å². The van der Waals surface area contributed by atoms with E-state index in [1.807, 2.05) is 34.6 Å². The second-order valence-electron chi connectivity index (χ2n) is 6.54. The predicted octanol–water partition coefficient (Wildman–Crippen LogP) is 1.03. The van der Waals surface area contributed by atoms with Crippen molar-refractivity contribution in [3.63, 3.8) is 0 Å². The Kier molecular flexibility index (Phi) is 7.05. The van der Waals surface area contributed by atoms with E-state index in [0.717, 1.165) is 0 Å². The SMILES string of the molecule is CNC(=O)C(CC(C)C)NC(=O)CC(N)C(C)(C)C. The minimum Gasteiger partial charge on any atom is -0.357 e. The standard InChI is InChI=1S/C14H29N3O2/c1-9(2)7-10(13(19)16-6)17-12(18)8-11(15)14(3,4)5/h9-11H,7-8,15H2,1-6H3,(H,16,19)(H,17,18). The van der Waals surface area contributed by atoms with Crippen molar-refractivity contribution in [2.24, 2.45) is 17.1 Å². The summed E-state index contributed by atoms with van der Waals surface area (Å²) in [4.78, 5) is 23.6. The van der Waals surface area contributed by atoms with Gasteiger partial charge in [-0.2, -0.15) is 0 Å². The van der Waals surface area contributed by atoms with Crippen molar-refractivity contribution in [3.05, 3.63) is 0 Å². The Morgan fingerprint density at radius 3 is 2.11 bits per heavy atom. The molecule has 0 saturated carbocycles. The topological polar surface area (TPSA) is 84.2 Å². The van der Waals surface area contributed by atoms with Gasteiger partial charge in [0.15, 0.2) is 0 Å². The summed E-state index contributed by atoms with van der Waals surface area (Å²) in [5.41, 5.74) is 5.85. The van der Waals surface area contributed by atoms with Crippen LogP contribution in [0, 0.1) is 11.3 Å². The van der Waals surface area contributed by atoms with Crippen LogP contribution in [0.3, 0.4) is 0 Å². The monoisotopic (exact) mass is 271 g/mol. The van der Waals surface area contributed by atoms with Gasteiger partial charge in [0.25, 0.3) is 0 Å². The highest BCUT2D eigenvalue weighted by atomic mass is 16.2. The normalized spacial score (nSPS) is 14.9. The summed E-state index contributed by atoms with van der Waals surface area (Å²) >= 11 is 0. The molecule has 5 heteroatoms. The van der Waals surface area contributed by atoms with Gasteiger partial charge in [-0.25, -0.2) is 0 Å². The molecule has 0 aromatic carbocycles. The molecule has 2 amide bonds. The van der Waals surface area contributed by atoms with E-state index in [1.54, 1.807) is 7.05 Å². The highest BCUT2D eigenvalue weighted by molar-refractivity contribution is 5.87. The first kappa shape index (κ1) is 17.9. The summed E-state index contributed by atoms with van der Waals surface area (Å²) in [6, 6.07) is -0.707. The molecule has 4 N–H and O–H groups in total. The van der Waals surface area contributed by atoms with E-state index in [9.17, 15) is 9.59 Å². The Balaban J connectivity index is 4.51. The molecule has 0 heterocycles. The Bertz CT molecular complexity index is 308. The van der Waals surface area contributed by atoms with E-state index < -0.39 is 6.04 Å². The van der Waals surface area contributed by atoms with Crippen LogP contribution in [0.2, 0.25) is 0 Å². The van der Waals surface area contributed by atoms with Crippen LogP contribution in [0.4, 0.5) is 0 Å². The molecule has 19 heavy (non-hydrogen) atoms. The quantitative estimate of drug-likeness (QED) is 0.674. The van der Waals surface area contributed by atoms with Crippen molar-refractivity contribution in [2.75, 3.05) is 7.05 Å². The van der Waals surface area contributed by atoms with Gasteiger partial charge in [0, 0.05) is 19.5 Å². The molecule has 0 aliphatic rings. The molecular weight excluding hydrogens is 242 g/mol. The summed E-state index contributed by atoms with van der Waals surface area (Å²) in [7, 11) is 1.57. The first-order valence-electron chi connectivity index (χ1n) is 6.84. The maximum Gasteiger partial charge on any atom is 0.242 e. The average molecular weight is 271 g/mol. The van der Waals surface area contributed by atoms with Crippen LogP contribution in [0.15, 0.2) is 0 Å². The fraction of sp³-hybridized carbons (Fsp3) is 0.857. The lowest BCUT2D eigenvalue weighted by Crippen LogP contribution is -2.48. The molecule has 0 bridgehead atoms. The fourth-order valence-electron chi connectivity index (χ4n) is 1.64. The number of likely N-dealkylation sites (N-methyl/N-ethyl adjacent to an activating group) is 1. The number of rotatable bonds is 6. The van der Waals surface area contributed by atoms with E-state index in [0.29, 0.717) is 12.3 Å². The number of hydrogen-bond donors (Lipinski definition) is 3. The minimum atomic E-state index is -0.482.